The highest BCUT2D eigenvalue weighted by Crippen LogP contribution is 2.25. The number of benzene rings is 2. The van der Waals surface area contributed by atoms with E-state index in [0.717, 1.165) is 43.1 Å². The summed E-state index contributed by atoms with van der Waals surface area (Å²) < 4.78 is 26.7. The molecule has 0 saturated heterocycles. The molecule has 0 aliphatic heterocycles. The standard InChI is InChI=1S/C18H18F2N2O/c1-11(18(23)22-17-10-14(19)6-8-16(17)20)21-15-7-5-12-3-2-4-13(12)9-15/h5-11,21H,2-4H2,1H3,(H,22,23). The van der Waals surface area contributed by atoms with Crippen molar-refractivity contribution in [1.82, 2.24) is 0 Å². The molecule has 1 amide bonds. The predicted octanol–water partition coefficient (Wildman–Crippen LogP) is 3.89. The fourth-order valence-electron chi connectivity index (χ4n) is 2.81. The number of carbonyl (C=O) groups excluding carboxylic acids is 1. The smallest absolute Gasteiger partial charge is 0.246 e. The van der Waals surface area contributed by atoms with Gasteiger partial charge in [-0.05, 0) is 61.6 Å². The normalized spacial score (nSPS) is 14.2. The maximum atomic E-state index is 13.6. The molecule has 0 saturated carbocycles. The molecule has 5 heteroatoms. The maximum absolute atomic E-state index is 13.6. The molecule has 0 heterocycles. The predicted molar refractivity (Wildman–Crippen MR) is 86.5 cm³/mol. The first-order valence-electron chi connectivity index (χ1n) is 7.67. The lowest BCUT2D eigenvalue weighted by Gasteiger charge is -2.16. The average molecular weight is 316 g/mol. The van der Waals surface area contributed by atoms with Crippen molar-refractivity contribution in [2.45, 2.75) is 32.2 Å². The molecule has 0 aromatic heterocycles. The van der Waals surface area contributed by atoms with Crippen LogP contribution in [0.5, 0.6) is 0 Å². The van der Waals surface area contributed by atoms with Crippen LogP contribution in [0.4, 0.5) is 20.2 Å². The Morgan fingerprint density at radius 1 is 1.09 bits per heavy atom. The zero-order chi connectivity index (χ0) is 16.4. The van der Waals surface area contributed by atoms with Gasteiger partial charge in [0.05, 0.1) is 5.69 Å². The van der Waals surface area contributed by atoms with Crippen LogP contribution in [0.15, 0.2) is 36.4 Å². The number of aryl methyl sites for hydroxylation is 2. The van der Waals surface area contributed by atoms with Gasteiger partial charge in [-0.15, -0.1) is 0 Å². The molecule has 0 bridgehead atoms. The van der Waals surface area contributed by atoms with Crippen LogP contribution in [0, 0.1) is 11.6 Å². The van der Waals surface area contributed by atoms with E-state index in [-0.39, 0.29) is 5.69 Å². The Morgan fingerprint density at radius 3 is 2.70 bits per heavy atom. The monoisotopic (exact) mass is 316 g/mol. The van der Waals surface area contributed by atoms with Crippen molar-refractivity contribution < 1.29 is 13.6 Å². The minimum atomic E-state index is -0.663. The first-order chi connectivity index (χ1) is 11.0. The molecule has 120 valence electrons. The minimum absolute atomic E-state index is 0.155. The van der Waals surface area contributed by atoms with E-state index in [1.54, 1.807) is 6.92 Å². The zero-order valence-corrected chi connectivity index (χ0v) is 12.8. The molecule has 3 nitrogen and oxygen atoms in total. The molecule has 3 rings (SSSR count). The Bertz CT molecular complexity index is 746. The number of rotatable bonds is 4. The Hall–Kier alpha value is -2.43. The number of fused-ring (bicyclic) bond motifs is 1. The van der Waals surface area contributed by atoms with E-state index < -0.39 is 23.6 Å². The number of anilines is 2. The Kier molecular flexibility index (Phi) is 4.28. The van der Waals surface area contributed by atoms with Crippen LogP contribution in [0.2, 0.25) is 0 Å². The molecular formula is C18H18F2N2O. The summed E-state index contributed by atoms with van der Waals surface area (Å²) in [6, 6.07) is 8.46. The summed E-state index contributed by atoms with van der Waals surface area (Å²) in [6.45, 7) is 1.68. The molecule has 23 heavy (non-hydrogen) atoms. The molecule has 2 aromatic carbocycles. The number of carbonyl (C=O) groups is 1. The second kappa shape index (κ2) is 6.36. The first kappa shape index (κ1) is 15.5. The number of hydrogen-bond donors (Lipinski definition) is 2. The average Bonchev–Trinajstić information content (AvgIpc) is 2.98. The number of hydrogen-bond acceptors (Lipinski definition) is 2. The van der Waals surface area contributed by atoms with Crippen molar-refractivity contribution in [1.29, 1.82) is 0 Å². The third-order valence-corrected chi connectivity index (χ3v) is 4.06. The molecule has 0 fully saturated rings. The van der Waals surface area contributed by atoms with Gasteiger partial charge in [-0.3, -0.25) is 4.79 Å². The van der Waals surface area contributed by atoms with E-state index in [9.17, 15) is 13.6 Å². The van der Waals surface area contributed by atoms with Crippen LogP contribution in [-0.2, 0) is 17.6 Å². The third kappa shape index (κ3) is 3.50. The van der Waals surface area contributed by atoms with Crippen LogP contribution >= 0.6 is 0 Å². The highest BCUT2D eigenvalue weighted by atomic mass is 19.1. The van der Waals surface area contributed by atoms with Gasteiger partial charge in [-0.1, -0.05) is 6.07 Å². The van der Waals surface area contributed by atoms with Crippen LogP contribution in [0.25, 0.3) is 0 Å². The van der Waals surface area contributed by atoms with Crippen molar-refractivity contribution >= 4 is 17.3 Å². The van der Waals surface area contributed by atoms with Crippen molar-refractivity contribution in [3.05, 3.63) is 59.2 Å². The Labute approximate surface area is 133 Å². The van der Waals surface area contributed by atoms with Gasteiger partial charge in [0.15, 0.2) is 0 Å². The summed E-state index contributed by atoms with van der Waals surface area (Å²) in [5, 5.41) is 5.50. The van der Waals surface area contributed by atoms with Crippen LogP contribution < -0.4 is 10.6 Å². The molecule has 1 aliphatic rings. The summed E-state index contributed by atoms with van der Waals surface area (Å²) in [7, 11) is 0. The van der Waals surface area contributed by atoms with E-state index >= 15 is 0 Å². The van der Waals surface area contributed by atoms with E-state index in [4.69, 9.17) is 0 Å². The quantitative estimate of drug-likeness (QED) is 0.898. The summed E-state index contributed by atoms with van der Waals surface area (Å²) in [6.07, 6.45) is 3.32. The molecule has 1 aliphatic carbocycles. The van der Waals surface area contributed by atoms with Crippen molar-refractivity contribution in [2.24, 2.45) is 0 Å². The van der Waals surface area contributed by atoms with Crippen molar-refractivity contribution in [2.75, 3.05) is 10.6 Å². The lowest BCUT2D eigenvalue weighted by atomic mass is 10.1. The van der Waals surface area contributed by atoms with Gasteiger partial charge >= 0.3 is 0 Å². The van der Waals surface area contributed by atoms with Gasteiger partial charge < -0.3 is 10.6 Å². The van der Waals surface area contributed by atoms with Crippen LogP contribution in [0.3, 0.4) is 0 Å². The molecular weight excluding hydrogens is 298 g/mol. The first-order valence-corrected chi connectivity index (χ1v) is 7.67. The van der Waals surface area contributed by atoms with Crippen molar-refractivity contribution in [3.63, 3.8) is 0 Å². The highest BCUT2D eigenvalue weighted by molar-refractivity contribution is 5.96. The minimum Gasteiger partial charge on any atom is -0.374 e. The second-order valence-corrected chi connectivity index (χ2v) is 5.82. The van der Waals surface area contributed by atoms with Gasteiger partial charge in [-0.25, -0.2) is 8.78 Å². The fraction of sp³-hybridized carbons (Fsp3) is 0.278. The second-order valence-electron chi connectivity index (χ2n) is 5.82. The van der Waals surface area contributed by atoms with Crippen LogP contribution in [-0.4, -0.2) is 11.9 Å². The van der Waals surface area contributed by atoms with E-state index in [1.807, 2.05) is 6.07 Å². The van der Waals surface area contributed by atoms with E-state index in [1.165, 1.54) is 11.1 Å². The number of amides is 1. The summed E-state index contributed by atoms with van der Waals surface area (Å²) in [4.78, 5) is 12.2. The largest absolute Gasteiger partial charge is 0.374 e. The van der Waals surface area contributed by atoms with Gasteiger partial charge in [0.25, 0.3) is 0 Å². The van der Waals surface area contributed by atoms with E-state index in [0.29, 0.717) is 0 Å². The topological polar surface area (TPSA) is 41.1 Å². The third-order valence-electron chi connectivity index (χ3n) is 4.06. The molecule has 0 spiro atoms. The molecule has 2 aromatic rings. The van der Waals surface area contributed by atoms with Gasteiger partial charge in [0.2, 0.25) is 5.91 Å². The summed E-state index contributed by atoms with van der Waals surface area (Å²) in [5.74, 6) is -1.68. The summed E-state index contributed by atoms with van der Waals surface area (Å²) in [5.41, 5.74) is 3.36. The van der Waals surface area contributed by atoms with Gasteiger partial charge in [-0.2, -0.15) is 0 Å². The molecule has 2 N–H and O–H groups in total. The van der Waals surface area contributed by atoms with E-state index in [2.05, 4.69) is 22.8 Å². The zero-order valence-electron chi connectivity index (χ0n) is 12.8. The van der Waals surface area contributed by atoms with Crippen LogP contribution in [0.1, 0.15) is 24.5 Å². The van der Waals surface area contributed by atoms with Gasteiger partial charge in [0.1, 0.15) is 17.7 Å². The molecule has 1 unspecified atom stereocenters. The maximum Gasteiger partial charge on any atom is 0.246 e. The number of nitrogens with one attached hydrogen (secondary N) is 2. The Morgan fingerprint density at radius 2 is 1.87 bits per heavy atom. The SMILES string of the molecule is CC(Nc1ccc2c(c1)CCC2)C(=O)Nc1cc(F)ccc1F. The Balaban J connectivity index is 1.67. The lowest BCUT2D eigenvalue weighted by Crippen LogP contribution is -2.32. The van der Waals surface area contributed by atoms with Gasteiger partial charge in [0, 0.05) is 11.8 Å². The highest BCUT2D eigenvalue weighted by Gasteiger charge is 2.17. The lowest BCUT2D eigenvalue weighted by molar-refractivity contribution is -0.116. The molecule has 1 atom stereocenters. The fourth-order valence-corrected chi connectivity index (χ4v) is 2.81. The van der Waals surface area contributed by atoms with Crippen molar-refractivity contribution in [3.8, 4) is 0 Å². The number of halogens is 2. The summed E-state index contributed by atoms with van der Waals surface area (Å²) >= 11 is 0. The molecule has 0 radical (unpaired) electrons.